The van der Waals surface area contributed by atoms with Crippen LogP contribution in [0.4, 0.5) is 14.5 Å². The third-order valence-corrected chi connectivity index (χ3v) is 3.91. The van der Waals surface area contributed by atoms with Crippen molar-refractivity contribution >= 4 is 15.7 Å². The second-order valence-electron chi connectivity index (χ2n) is 4.09. The van der Waals surface area contributed by atoms with Gasteiger partial charge in [0.1, 0.15) is 0 Å². The monoisotopic (exact) mass is 309 g/mol. The molecule has 112 valence electrons. The highest BCUT2D eigenvalue weighted by Crippen LogP contribution is 2.22. The zero-order valence-corrected chi connectivity index (χ0v) is 11.3. The van der Waals surface area contributed by atoms with Gasteiger partial charge in [0.15, 0.2) is 0 Å². The van der Waals surface area contributed by atoms with E-state index in [1.165, 1.54) is 13.0 Å². The van der Waals surface area contributed by atoms with Gasteiger partial charge in [-0.05, 0) is 13.0 Å². The summed E-state index contributed by atoms with van der Waals surface area (Å²) in [4.78, 5) is 9.52. The average Bonchev–Trinajstić information content (AvgIpc) is 2.36. The second kappa shape index (κ2) is 5.77. The lowest BCUT2D eigenvalue weighted by atomic mass is 10.2. The van der Waals surface area contributed by atoms with Crippen LogP contribution in [0, 0.1) is 17.0 Å². The van der Waals surface area contributed by atoms with Crippen molar-refractivity contribution in [1.29, 1.82) is 0 Å². The van der Waals surface area contributed by atoms with Gasteiger partial charge < -0.3 is 5.73 Å². The highest BCUT2D eigenvalue weighted by Gasteiger charge is 2.30. The van der Waals surface area contributed by atoms with Crippen molar-refractivity contribution in [2.75, 3.05) is 13.1 Å². The van der Waals surface area contributed by atoms with Gasteiger partial charge in [0.25, 0.3) is 11.6 Å². The van der Waals surface area contributed by atoms with Gasteiger partial charge in [-0.15, -0.1) is 0 Å². The van der Waals surface area contributed by atoms with Gasteiger partial charge in [0.05, 0.1) is 22.9 Å². The molecule has 0 atom stereocenters. The lowest BCUT2D eigenvalue weighted by Crippen LogP contribution is -2.41. The molecule has 0 amide bonds. The molecule has 0 radical (unpaired) electrons. The fourth-order valence-electron chi connectivity index (χ4n) is 1.31. The molecule has 0 spiro atoms. The van der Waals surface area contributed by atoms with E-state index in [1.54, 1.807) is 4.72 Å². The van der Waals surface area contributed by atoms with Crippen LogP contribution in [-0.2, 0) is 10.0 Å². The summed E-state index contributed by atoms with van der Waals surface area (Å²) < 4.78 is 51.0. The van der Waals surface area contributed by atoms with Crippen molar-refractivity contribution in [3.63, 3.8) is 0 Å². The maximum atomic E-state index is 12.9. The quantitative estimate of drug-likeness (QED) is 0.595. The summed E-state index contributed by atoms with van der Waals surface area (Å²) in [6, 6.07) is 3.15. The molecule has 20 heavy (non-hydrogen) atoms. The summed E-state index contributed by atoms with van der Waals surface area (Å²) in [5.41, 5.74) is 4.64. The van der Waals surface area contributed by atoms with Gasteiger partial charge in [0, 0.05) is 11.6 Å². The lowest BCUT2D eigenvalue weighted by molar-refractivity contribution is -0.385. The molecule has 0 aliphatic heterocycles. The zero-order valence-electron chi connectivity index (χ0n) is 10.5. The fourth-order valence-corrected chi connectivity index (χ4v) is 2.39. The Kier molecular flexibility index (Phi) is 4.73. The molecule has 10 heteroatoms. The molecule has 0 aromatic heterocycles. The van der Waals surface area contributed by atoms with E-state index >= 15 is 0 Å². The summed E-state index contributed by atoms with van der Waals surface area (Å²) in [5.74, 6) is -3.39. The number of rotatable bonds is 6. The number of hydrogen-bond donors (Lipinski definition) is 2. The molecular weight excluding hydrogens is 296 g/mol. The van der Waals surface area contributed by atoms with Gasteiger partial charge in [0.2, 0.25) is 10.0 Å². The number of sulfonamides is 1. The Morgan fingerprint density at radius 3 is 2.55 bits per heavy atom. The molecule has 1 aromatic rings. The van der Waals surface area contributed by atoms with Crippen molar-refractivity contribution in [2.24, 2.45) is 5.73 Å². The van der Waals surface area contributed by atoms with Crippen LogP contribution in [0.5, 0.6) is 0 Å². The Bertz CT molecular complexity index is 619. The fraction of sp³-hybridized carbons (Fsp3) is 0.400. The minimum Gasteiger partial charge on any atom is -0.325 e. The maximum Gasteiger partial charge on any atom is 0.273 e. The van der Waals surface area contributed by atoms with Crippen molar-refractivity contribution < 1.29 is 22.1 Å². The molecule has 7 nitrogen and oxygen atoms in total. The number of nitrogens with zero attached hydrogens (tertiary/aromatic N) is 1. The van der Waals surface area contributed by atoms with Gasteiger partial charge in [-0.3, -0.25) is 10.1 Å². The van der Waals surface area contributed by atoms with E-state index in [-0.39, 0.29) is 5.56 Å². The number of nitrogens with one attached hydrogen (secondary N) is 1. The van der Waals surface area contributed by atoms with Crippen molar-refractivity contribution in [3.05, 3.63) is 33.9 Å². The maximum absolute atomic E-state index is 12.9. The minimum atomic E-state index is -4.27. The number of alkyl halides is 2. The van der Waals surface area contributed by atoms with E-state index in [0.717, 1.165) is 12.1 Å². The van der Waals surface area contributed by atoms with Crippen molar-refractivity contribution in [3.8, 4) is 0 Å². The number of halogens is 2. The highest BCUT2D eigenvalue weighted by atomic mass is 32.2. The molecule has 3 N–H and O–H groups in total. The first kappa shape index (κ1) is 16.4. The molecule has 0 aliphatic carbocycles. The number of benzene rings is 1. The molecule has 0 fully saturated rings. The van der Waals surface area contributed by atoms with E-state index in [2.05, 4.69) is 0 Å². The first-order valence-corrected chi connectivity index (χ1v) is 6.90. The Morgan fingerprint density at radius 2 is 2.05 bits per heavy atom. The molecule has 1 aromatic carbocycles. The topological polar surface area (TPSA) is 115 Å². The number of nitro benzene ring substituents is 1. The zero-order chi connectivity index (χ0) is 15.6. The summed E-state index contributed by atoms with van der Waals surface area (Å²) in [6.45, 7) is -0.748. The average molecular weight is 309 g/mol. The number of hydrogen-bond acceptors (Lipinski definition) is 5. The molecule has 1 rings (SSSR count). The van der Waals surface area contributed by atoms with Crippen LogP contribution in [0.25, 0.3) is 0 Å². The standard InChI is InChI=1S/C10H13F2N3O4S/c1-7-2-3-8(4-9(7)15(16)17)20(18,19)14-6-10(11,12)5-13/h2-4,14H,5-6,13H2,1H3. The predicted molar refractivity (Wildman–Crippen MR) is 67.0 cm³/mol. The van der Waals surface area contributed by atoms with Crippen LogP contribution in [0.1, 0.15) is 5.56 Å². The highest BCUT2D eigenvalue weighted by molar-refractivity contribution is 7.89. The van der Waals surface area contributed by atoms with Gasteiger partial charge in [-0.2, -0.15) is 0 Å². The Labute approximate surface area is 114 Å². The molecule has 0 unspecified atom stereocenters. The minimum absolute atomic E-state index is 0.265. The molecule has 0 saturated heterocycles. The molecule has 0 heterocycles. The summed E-state index contributed by atoms with van der Waals surface area (Å²) in [5, 5.41) is 10.7. The third-order valence-electron chi connectivity index (χ3n) is 2.51. The van der Waals surface area contributed by atoms with Crippen molar-refractivity contribution in [2.45, 2.75) is 17.7 Å². The Morgan fingerprint density at radius 1 is 1.45 bits per heavy atom. The van der Waals surface area contributed by atoms with Crippen LogP contribution >= 0.6 is 0 Å². The molecule has 0 aliphatic rings. The van der Waals surface area contributed by atoms with E-state index in [0.29, 0.717) is 0 Å². The van der Waals surface area contributed by atoms with Gasteiger partial charge in [-0.1, -0.05) is 6.07 Å². The van der Waals surface area contributed by atoms with Crippen molar-refractivity contribution in [1.82, 2.24) is 4.72 Å². The number of aryl methyl sites for hydroxylation is 1. The molecular formula is C10H13F2N3O4S. The van der Waals surface area contributed by atoms with Gasteiger partial charge >= 0.3 is 0 Å². The third kappa shape index (κ3) is 3.92. The van der Waals surface area contributed by atoms with Gasteiger partial charge in [-0.25, -0.2) is 21.9 Å². The van der Waals surface area contributed by atoms with Crippen LogP contribution in [0.3, 0.4) is 0 Å². The normalized spacial score (nSPS) is 12.4. The Balaban J connectivity index is 3.05. The number of nitrogens with two attached hydrogens (primary N) is 1. The SMILES string of the molecule is Cc1ccc(S(=O)(=O)NCC(F)(F)CN)cc1[N+](=O)[O-]. The first-order chi connectivity index (χ1) is 9.09. The number of nitro groups is 1. The Hall–Kier alpha value is -1.65. The second-order valence-corrected chi connectivity index (χ2v) is 5.86. The summed E-state index contributed by atoms with van der Waals surface area (Å²) >= 11 is 0. The predicted octanol–water partition coefficient (Wildman–Crippen LogP) is 0.776. The van der Waals surface area contributed by atoms with Crippen LogP contribution in [-0.4, -0.2) is 32.4 Å². The first-order valence-electron chi connectivity index (χ1n) is 5.42. The van der Waals surface area contributed by atoms with Crippen LogP contribution in [0.15, 0.2) is 23.1 Å². The molecule has 0 bridgehead atoms. The van der Waals surface area contributed by atoms with E-state index in [9.17, 15) is 27.3 Å². The van der Waals surface area contributed by atoms with Crippen LogP contribution in [0.2, 0.25) is 0 Å². The van der Waals surface area contributed by atoms with E-state index in [4.69, 9.17) is 5.73 Å². The lowest BCUT2D eigenvalue weighted by Gasteiger charge is -2.14. The van der Waals surface area contributed by atoms with E-state index in [1.807, 2.05) is 0 Å². The van der Waals surface area contributed by atoms with E-state index < -0.39 is 44.5 Å². The van der Waals surface area contributed by atoms with Crippen LogP contribution < -0.4 is 10.5 Å². The largest absolute Gasteiger partial charge is 0.325 e. The molecule has 0 saturated carbocycles. The smallest absolute Gasteiger partial charge is 0.273 e. The summed E-state index contributed by atoms with van der Waals surface area (Å²) in [7, 11) is -4.27. The summed E-state index contributed by atoms with van der Waals surface area (Å²) in [6.07, 6.45) is 0.